The Morgan fingerprint density at radius 3 is 2.62 bits per heavy atom. The van der Waals surface area contributed by atoms with E-state index in [0.29, 0.717) is 36.6 Å². The standard InChI is InChI=1S/C16H28N2O2.ClH/c1-12-4-7-15(20-12)8-9-16(19)18(14-5-6-14)11-13-3-2-10-17-13;/h12-15,17H,2-11H2,1H3;1H. The minimum atomic E-state index is 0. The van der Waals surface area contributed by atoms with E-state index in [-0.39, 0.29) is 12.4 Å². The van der Waals surface area contributed by atoms with E-state index in [2.05, 4.69) is 17.1 Å². The fourth-order valence-corrected chi connectivity index (χ4v) is 3.52. The van der Waals surface area contributed by atoms with E-state index in [1.165, 1.54) is 25.7 Å². The molecule has 0 spiro atoms. The number of halogens is 1. The Labute approximate surface area is 134 Å². The maximum absolute atomic E-state index is 12.5. The van der Waals surface area contributed by atoms with Gasteiger partial charge in [0.25, 0.3) is 0 Å². The molecule has 5 heteroatoms. The third-order valence-corrected chi connectivity index (χ3v) is 4.89. The normalized spacial score (nSPS) is 32.0. The first kappa shape index (κ1) is 17.0. The third kappa shape index (κ3) is 4.83. The van der Waals surface area contributed by atoms with Crippen molar-refractivity contribution in [2.75, 3.05) is 13.1 Å². The molecule has 3 unspecified atom stereocenters. The minimum Gasteiger partial charge on any atom is -0.375 e. The molecule has 1 amide bonds. The molecular weight excluding hydrogens is 288 g/mol. The molecule has 0 radical (unpaired) electrons. The van der Waals surface area contributed by atoms with Crippen LogP contribution in [0.15, 0.2) is 0 Å². The summed E-state index contributed by atoms with van der Waals surface area (Å²) < 4.78 is 5.82. The second-order valence-electron chi connectivity index (χ2n) is 6.76. The largest absolute Gasteiger partial charge is 0.375 e. The van der Waals surface area contributed by atoms with Gasteiger partial charge in [0.05, 0.1) is 12.2 Å². The molecule has 2 aliphatic heterocycles. The molecule has 0 aromatic rings. The molecule has 3 atom stereocenters. The SMILES string of the molecule is CC1CCC(CCC(=O)N(CC2CCCN2)C2CC2)O1.Cl. The highest BCUT2D eigenvalue weighted by Gasteiger charge is 2.34. The van der Waals surface area contributed by atoms with Gasteiger partial charge in [-0.3, -0.25) is 4.79 Å². The molecule has 2 heterocycles. The molecule has 21 heavy (non-hydrogen) atoms. The van der Waals surface area contributed by atoms with Crippen LogP contribution >= 0.6 is 12.4 Å². The molecular formula is C16H29ClN2O2. The zero-order valence-corrected chi connectivity index (χ0v) is 13.9. The van der Waals surface area contributed by atoms with Gasteiger partial charge in [0.15, 0.2) is 0 Å². The monoisotopic (exact) mass is 316 g/mol. The van der Waals surface area contributed by atoms with Crippen LogP contribution in [0.1, 0.15) is 58.3 Å². The Morgan fingerprint density at radius 2 is 2.05 bits per heavy atom. The highest BCUT2D eigenvalue weighted by molar-refractivity contribution is 5.85. The molecule has 4 nitrogen and oxygen atoms in total. The van der Waals surface area contributed by atoms with Crippen LogP contribution in [0.3, 0.4) is 0 Å². The molecule has 2 saturated heterocycles. The maximum Gasteiger partial charge on any atom is 0.222 e. The van der Waals surface area contributed by atoms with Crippen molar-refractivity contribution in [2.45, 2.75) is 82.6 Å². The van der Waals surface area contributed by atoms with Gasteiger partial charge in [0.2, 0.25) is 5.91 Å². The maximum atomic E-state index is 12.5. The van der Waals surface area contributed by atoms with Gasteiger partial charge in [-0.1, -0.05) is 0 Å². The van der Waals surface area contributed by atoms with E-state index in [9.17, 15) is 4.79 Å². The lowest BCUT2D eigenvalue weighted by Crippen LogP contribution is -2.42. The van der Waals surface area contributed by atoms with Crippen molar-refractivity contribution >= 4 is 18.3 Å². The number of nitrogens with zero attached hydrogens (tertiary/aromatic N) is 1. The van der Waals surface area contributed by atoms with Crippen LogP contribution < -0.4 is 5.32 Å². The van der Waals surface area contributed by atoms with Gasteiger partial charge in [-0.2, -0.15) is 0 Å². The summed E-state index contributed by atoms with van der Waals surface area (Å²) in [5, 5.41) is 3.51. The number of carbonyl (C=O) groups is 1. The van der Waals surface area contributed by atoms with Crippen LogP contribution in [0.5, 0.6) is 0 Å². The second-order valence-corrected chi connectivity index (χ2v) is 6.76. The highest BCUT2D eigenvalue weighted by atomic mass is 35.5. The molecule has 0 bridgehead atoms. The summed E-state index contributed by atoms with van der Waals surface area (Å²) in [5.41, 5.74) is 0. The van der Waals surface area contributed by atoms with Crippen molar-refractivity contribution in [2.24, 2.45) is 0 Å². The quantitative estimate of drug-likeness (QED) is 0.818. The number of hydrogen-bond donors (Lipinski definition) is 1. The molecule has 1 saturated carbocycles. The number of rotatable bonds is 6. The van der Waals surface area contributed by atoms with Gasteiger partial charge < -0.3 is 15.0 Å². The Morgan fingerprint density at radius 1 is 1.24 bits per heavy atom. The zero-order chi connectivity index (χ0) is 13.9. The summed E-state index contributed by atoms with van der Waals surface area (Å²) in [6, 6.07) is 1.07. The topological polar surface area (TPSA) is 41.6 Å². The van der Waals surface area contributed by atoms with E-state index >= 15 is 0 Å². The van der Waals surface area contributed by atoms with Crippen molar-refractivity contribution in [1.29, 1.82) is 0 Å². The van der Waals surface area contributed by atoms with Crippen molar-refractivity contribution in [3.63, 3.8) is 0 Å². The van der Waals surface area contributed by atoms with Crippen LogP contribution in [0.2, 0.25) is 0 Å². The summed E-state index contributed by atoms with van der Waals surface area (Å²) in [6.45, 7) is 4.17. The molecule has 1 aliphatic carbocycles. The van der Waals surface area contributed by atoms with Gasteiger partial charge in [-0.05, 0) is 58.4 Å². The summed E-state index contributed by atoms with van der Waals surface area (Å²) in [7, 11) is 0. The predicted molar refractivity (Wildman–Crippen MR) is 85.8 cm³/mol. The van der Waals surface area contributed by atoms with Crippen LogP contribution in [-0.2, 0) is 9.53 Å². The van der Waals surface area contributed by atoms with E-state index in [1.54, 1.807) is 0 Å². The first-order chi connectivity index (χ1) is 9.72. The first-order valence-electron chi connectivity index (χ1n) is 8.40. The van der Waals surface area contributed by atoms with Crippen LogP contribution in [-0.4, -0.2) is 48.2 Å². The lowest BCUT2D eigenvalue weighted by molar-refractivity contribution is -0.132. The van der Waals surface area contributed by atoms with E-state index < -0.39 is 0 Å². The molecule has 3 fully saturated rings. The van der Waals surface area contributed by atoms with Gasteiger partial charge in [-0.15, -0.1) is 12.4 Å². The molecule has 0 aromatic carbocycles. The Balaban J connectivity index is 0.00000161. The van der Waals surface area contributed by atoms with Gasteiger partial charge >= 0.3 is 0 Å². The second kappa shape index (κ2) is 7.80. The number of nitrogens with one attached hydrogen (secondary N) is 1. The van der Waals surface area contributed by atoms with Gasteiger partial charge in [0, 0.05) is 25.0 Å². The molecule has 1 N–H and O–H groups in total. The molecule has 3 rings (SSSR count). The van der Waals surface area contributed by atoms with Crippen molar-refractivity contribution < 1.29 is 9.53 Å². The Bertz CT molecular complexity index is 343. The summed E-state index contributed by atoms with van der Waals surface area (Å²) in [6.07, 6.45) is 9.44. The lowest BCUT2D eigenvalue weighted by atomic mass is 10.1. The number of hydrogen-bond acceptors (Lipinski definition) is 3. The van der Waals surface area contributed by atoms with Crippen molar-refractivity contribution in [3.05, 3.63) is 0 Å². The molecule has 0 aromatic heterocycles. The first-order valence-corrected chi connectivity index (χ1v) is 8.40. The Kier molecular flexibility index (Phi) is 6.33. The minimum absolute atomic E-state index is 0. The average molecular weight is 317 g/mol. The summed E-state index contributed by atoms with van der Waals surface area (Å²) in [4.78, 5) is 14.6. The van der Waals surface area contributed by atoms with Crippen molar-refractivity contribution in [1.82, 2.24) is 10.2 Å². The summed E-state index contributed by atoms with van der Waals surface area (Å²) in [5.74, 6) is 0.351. The fourth-order valence-electron chi connectivity index (χ4n) is 3.52. The number of carbonyl (C=O) groups excluding carboxylic acids is 1. The van der Waals surface area contributed by atoms with Crippen molar-refractivity contribution in [3.8, 4) is 0 Å². The van der Waals surface area contributed by atoms with Gasteiger partial charge in [-0.25, -0.2) is 0 Å². The molecule has 3 aliphatic rings. The van der Waals surface area contributed by atoms with Gasteiger partial charge in [0.1, 0.15) is 0 Å². The zero-order valence-electron chi connectivity index (χ0n) is 13.1. The molecule has 122 valence electrons. The fraction of sp³-hybridized carbons (Fsp3) is 0.938. The third-order valence-electron chi connectivity index (χ3n) is 4.89. The van der Waals surface area contributed by atoms with E-state index in [1.807, 2.05) is 0 Å². The smallest absolute Gasteiger partial charge is 0.222 e. The number of amides is 1. The van der Waals surface area contributed by atoms with Crippen LogP contribution in [0, 0.1) is 0 Å². The highest BCUT2D eigenvalue weighted by Crippen LogP contribution is 2.29. The van der Waals surface area contributed by atoms with E-state index in [4.69, 9.17) is 4.74 Å². The lowest BCUT2D eigenvalue weighted by Gasteiger charge is -2.26. The Hall–Kier alpha value is -0.320. The summed E-state index contributed by atoms with van der Waals surface area (Å²) >= 11 is 0. The average Bonchev–Trinajstić information content (AvgIpc) is 2.97. The van der Waals surface area contributed by atoms with Crippen LogP contribution in [0.25, 0.3) is 0 Å². The number of ether oxygens (including phenoxy) is 1. The van der Waals surface area contributed by atoms with E-state index in [0.717, 1.165) is 32.4 Å². The van der Waals surface area contributed by atoms with Crippen LogP contribution in [0.4, 0.5) is 0 Å². The predicted octanol–water partition coefficient (Wildman–Crippen LogP) is 2.50.